The molecular weight excluding hydrogens is 238 g/mol. The van der Waals surface area contributed by atoms with Crippen LogP contribution in [0.25, 0.3) is 0 Å². The van der Waals surface area contributed by atoms with Gasteiger partial charge in [0.25, 0.3) is 0 Å². The van der Waals surface area contributed by atoms with Gasteiger partial charge in [-0.3, -0.25) is 0 Å². The molecule has 1 atom stereocenters. The quantitative estimate of drug-likeness (QED) is 0.885. The summed E-state index contributed by atoms with van der Waals surface area (Å²) < 4.78 is 5.36. The van der Waals surface area contributed by atoms with Gasteiger partial charge in [-0.25, -0.2) is 0 Å². The van der Waals surface area contributed by atoms with Crippen LogP contribution in [0.1, 0.15) is 36.9 Å². The van der Waals surface area contributed by atoms with E-state index in [-0.39, 0.29) is 18.1 Å². The fourth-order valence-corrected chi connectivity index (χ4v) is 2.96. The Labute approximate surface area is 116 Å². The van der Waals surface area contributed by atoms with Gasteiger partial charge >= 0.3 is 0 Å². The molecule has 0 amide bonds. The van der Waals surface area contributed by atoms with Crippen molar-refractivity contribution in [2.45, 2.75) is 25.8 Å². The second kappa shape index (κ2) is 5.61. The molecule has 106 valence electrons. The van der Waals surface area contributed by atoms with Gasteiger partial charge < -0.3 is 14.7 Å². The molecule has 1 aliphatic rings. The highest BCUT2D eigenvalue weighted by molar-refractivity contribution is 5.29. The van der Waals surface area contributed by atoms with E-state index < -0.39 is 0 Å². The molecule has 0 radical (unpaired) electrons. The maximum atomic E-state index is 9.75. The van der Waals surface area contributed by atoms with E-state index in [1.165, 1.54) is 11.1 Å². The van der Waals surface area contributed by atoms with Crippen molar-refractivity contribution in [1.29, 1.82) is 0 Å². The first kappa shape index (κ1) is 14.5. The van der Waals surface area contributed by atoms with E-state index >= 15 is 0 Å². The normalized spacial score (nSPS) is 19.5. The summed E-state index contributed by atoms with van der Waals surface area (Å²) >= 11 is 0. The zero-order valence-corrected chi connectivity index (χ0v) is 12.4. The molecule has 0 aliphatic carbocycles. The number of nitrogens with zero attached hydrogens (tertiary/aromatic N) is 1. The zero-order chi connectivity index (χ0) is 14.0. The SMILES string of the molecule is CC(C)c1ccc(C(N(C)C)C2(CO)COC2)cc1. The average molecular weight is 263 g/mol. The number of ether oxygens (including phenoxy) is 1. The first-order chi connectivity index (χ1) is 9.00. The molecule has 1 aromatic rings. The van der Waals surface area contributed by atoms with Crippen LogP contribution in [0, 0.1) is 5.41 Å². The Morgan fingerprint density at radius 1 is 1.16 bits per heavy atom. The molecule has 1 fully saturated rings. The van der Waals surface area contributed by atoms with Crippen molar-refractivity contribution in [3.63, 3.8) is 0 Å². The zero-order valence-electron chi connectivity index (χ0n) is 12.4. The highest BCUT2D eigenvalue weighted by atomic mass is 16.5. The van der Waals surface area contributed by atoms with Crippen molar-refractivity contribution in [2.24, 2.45) is 5.41 Å². The van der Waals surface area contributed by atoms with Crippen LogP contribution in [-0.2, 0) is 4.74 Å². The molecule has 0 saturated carbocycles. The van der Waals surface area contributed by atoms with Crippen molar-refractivity contribution >= 4 is 0 Å². The molecule has 0 bridgehead atoms. The van der Waals surface area contributed by atoms with Gasteiger partial charge in [0.05, 0.1) is 25.2 Å². The maximum absolute atomic E-state index is 9.75. The number of hydrogen-bond acceptors (Lipinski definition) is 3. The largest absolute Gasteiger partial charge is 0.396 e. The van der Waals surface area contributed by atoms with Gasteiger partial charge in [-0.05, 0) is 31.1 Å². The molecule has 2 rings (SSSR count). The summed E-state index contributed by atoms with van der Waals surface area (Å²) in [6.07, 6.45) is 0. The standard InChI is InChI=1S/C16H25NO2/c1-12(2)13-5-7-14(8-6-13)15(17(3)4)16(9-18)10-19-11-16/h5-8,12,15,18H,9-11H2,1-4H3. The van der Waals surface area contributed by atoms with Crippen molar-refractivity contribution in [3.05, 3.63) is 35.4 Å². The topological polar surface area (TPSA) is 32.7 Å². The molecule has 1 saturated heterocycles. The van der Waals surface area contributed by atoms with Crippen LogP contribution in [-0.4, -0.2) is 43.9 Å². The van der Waals surface area contributed by atoms with Gasteiger partial charge in [0.1, 0.15) is 0 Å². The lowest BCUT2D eigenvalue weighted by molar-refractivity contribution is -0.172. The van der Waals surface area contributed by atoms with E-state index in [2.05, 4.69) is 57.1 Å². The van der Waals surface area contributed by atoms with E-state index in [1.807, 2.05) is 0 Å². The maximum Gasteiger partial charge on any atom is 0.0598 e. The Hall–Kier alpha value is -0.900. The molecule has 1 heterocycles. The fraction of sp³-hybridized carbons (Fsp3) is 0.625. The summed E-state index contributed by atoms with van der Waals surface area (Å²) in [6, 6.07) is 8.97. The van der Waals surface area contributed by atoms with Crippen molar-refractivity contribution in [1.82, 2.24) is 4.90 Å². The summed E-state index contributed by atoms with van der Waals surface area (Å²) in [6.45, 7) is 5.85. The Morgan fingerprint density at radius 2 is 1.68 bits per heavy atom. The molecule has 1 aromatic carbocycles. The molecule has 0 spiro atoms. The lowest BCUT2D eigenvalue weighted by atomic mass is 9.75. The lowest BCUT2D eigenvalue weighted by Crippen LogP contribution is -2.53. The van der Waals surface area contributed by atoms with Crippen LogP contribution < -0.4 is 0 Å². The number of hydrogen-bond donors (Lipinski definition) is 1. The average Bonchev–Trinajstić information content (AvgIpc) is 2.33. The fourth-order valence-electron chi connectivity index (χ4n) is 2.96. The van der Waals surface area contributed by atoms with Crippen LogP contribution in [0.15, 0.2) is 24.3 Å². The van der Waals surface area contributed by atoms with E-state index in [1.54, 1.807) is 0 Å². The summed E-state index contributed by atoms with van der Waals surface area (Å²) in [4.78, 5) is 2.18. The number of benzene rings is 1. The van der Waals surface area contributed by atoms with E-state index in [9.17, 15) is 5.11 Å². The van der Waals surface area contributed by atoms with Gasteiger partial charge in [-0.2, -0.15) is 0 Å². The molecular formula is C16H25NO2. The van der Waals surface area contributed by atoms with Gasteiger partial charge in [0.2, 0.25) is 0 Å². The van der Waals surface area contributed by atoms with Crippen LogP contribution in [0.4, 0.5) is 0 Å². The van der Waals surface area contributed by atoms with Crippen LogP contribution in [0.2, 0.25) is 0 Å². The van der Waals surface area contributed by atoms with E-state index in [0.717, 1.165) is 0 Å². The minimum atomic E-state index is -0.150. The third-order valence-electron chi connectivity index (χ3n) is 4.11. The molecule has 1 aliphatic heterocycles. The number of aliphatic hydroxyl groups excluding tert-OH is 1. The molecule has 3 heteroatoms. The minimum absolute atomic E-state index is 0.150. The predicted molar refractivity (Wildman–Crippen MR) is 77.3 cm³/mol. The second-order valence-electron chi connectivity index (χ2n) is 6.20. The molecule has 0 aromatic heterocycles. The van der Waals surface area contributed by atoms with E-state index in [0.29, 0.717) is 19.1 Å². The second-order valence-corrected chi connectivity index (χ2v) is 6.20. The number of aliphatic hydroxyl groups is 1. The first-order valence-electron chi connectivity index (χ1n) is 6.95. The van der Waals surface area contributed by atoms with Crippen LogP contribution >= 0.6 is 0 Å². The Bertz CT molecular complexity index is 402. The lowest BCUT2D eigenvalue weighted by Gasteiger charge is -2.48. The molecule has 3 nitrogen and oxygen atoms in total. The highest BCUT2D eigenvalue weighted by Gasteiger charge is 2.47. The number of rotatable bonds is 5. The Balaban J connectivity index is 2.29. The first-order valence-corrected chi connectivity index (χ1v) is 6.95. The van der Waals surface area contributed by atoms with Crippen LogP contribution in [0.3, 0.4) is 0 Å². The van der Waals surface area contributed by atoms with Crippen LogP contribution in [0.5, 0.6) is 0 Å². The summed E-state index contributed by atoms with van der Waals surface area (Å²) in [5, 5.41) is 9.75. The molecule has 1 N–H and O–H groups in total. The summed E-state index contributed by atoms with van der Waals surface area (Å²) in [5.74, 6) is 0.547. The van der Waals surface area contributed by atoms with Gasteiger partial charge in [0, 0.05) is 6.04 Å². The van der Waals surface area contributed by atoms with Crippen molar-refractivity contribution in [3.8, 4) is 0 Å². The predicted octanol–water partition coefficient (Wildman–Crippen LogP) is 2.42. The van der Waals surface area contributed by atoms with Gasteiger partial charge in [0.15, 0.2) is 0 Å². The van der Waals surface area contributed by atoms with Crippen molar-refractivity contribution in [2.75, 3.05) is 33.9 Å². The molecule has 19 heavy (non-hydrogen) atoms. The third kappa shape index (κ3) is 2.69. The van der Waals surface area contributed by atoms with E-state index in [4.69, 9.17) is 4.74 Å². The Morgan fingerprint density at radius 3 is 2.00 bits per heavy atom. The monoisotopic (exact) mass is 263 g/mol. The smallest absolute Gasteiger partial charge is 0.0598 e. The summed E-state index contributed by atoms with van der Waals surface area (Å²) in [7, 11) is 4.13. The minimum Gasteiger partial charge on any atom is -0.396 e. The Kier molecular flexibility index (Phi) is 4.29. The highest BCUT2D eigenvalue weighted by Crippen LogP contribution is 2.43. The van der Waals surface area contributed by atoms with Gasteiger partial charge in [-0.1, -0.05) is 38.1 Å². The van der Waals surface area contributed by atoms with Gasteiger partial charge in [-0.15, -0.1) is 0 Å². The third-order valence-corrected chi connectivity index (χ3v) is 4.11. The molecule has 1 unspecified atom stereocenters. The van der Waals surface area contributed by atoms with Crippen molar-refractivity contribution < 1.29 is 9.84 Å². The summed E-state index contributed by atoms with van der Waals surface area (Å²) in [5.41, 5.74) is 2.46.